The largest absolute Gasteiger partial charge is 0.352 e. The van der Waals surface area contributed by atoms with Crippen LogP contribution in [0.25, 0.3) is 0 Å². The molecule has 2 amide bonds. The third kappa shape index (κ3) is 8.16. The Morgan fingerprint density at radius 3 is 1.95 bits per heavy atom. The second kappa shape index (κ2) is 12.9. The molecule has 9 heteroatoms. The second-order valence-corrected chi connectivity index (χ2v) is 11.9. The monoisotopic (exact) mass is 585 g/mol. The Morgan fingerprint density at radius 2 is 1.41 bits per heavy atom. The highest BCUT2D eigenvalue weighted by Crippen LogP contribution is 2.28. The molecule has 37 heavy (non-hydrogen) atoms. The zero-order valence-electron chi connectivity index (χ0n) is 21.2. The average Bonchev–Trinajstić information content (AvgIpc) is 2.85. The topological polar surface area (TPSA) is 86.8 Å². The van der Waals surface area contributed by atoms with E-state index >= 15 is 0 Å². The Hall–Kier alpha value is -3.17. The molecule has 0 aliphatic rings. The highest BCUT2D eigenvalue weighted by atomic mass is 79.9. The van der Waals surface area contributed by atoms with Crippen molar-refractivity contribution in [2.75, 3.05) is 17.1 Å². The smallest absolute Gasteiger partial charge is 0.244 e. The number of nitrogens with one attached hydrogen (secondary N) is 1. The minimum absolute atomic E-state index is 0.132. The van der Waals surface area contributed by atoms with Gasteiger partial charge in [0.2, 0.25) is 21.8 Å². The Labute approximate surface area is 227 Å². The molecule has 0 bridgehead atoms. The van der Waals surface area contributed by atoms with Gasteiger partial charge in [0.1, 0.15) is 12.6 Å². The molecule has 0 fully saturated rings. The van der Waals surface area contributed by atoms with E-state index in [1.54, 1.807) is 24.3 Å². The van der Waals surface area contributed by atoms with Crippen LogP contribution in [0.4, 0.5) is 5.69 Å². The number of para-hydroxylation sites is 1. The first-order chi connectivity index (χ1) is 17.6. The van der Waals surface area contributed by atoms with E-state index in [0.29, 0.717) is 10.2 Å². The quantitative estimate of drug-likeness (QED) is 0.362. The Balaban J connectivity index is 2.04. The van der Waals surface area contributed by atoms with Crippen LogP contribution in [-0.2, 0) is 32.6 Å². The van der Waals surface area contributed by atoms with Gasteiger partial charge in [-0.05, 0) is 53.0 Å². The van der Waals surface area contributed by atoms with Crippen molar-refractivity contribution in [2.24, 2.45) is 0 Å². The minimum Gasteiger partial charge on any atom is -0.352 e. The lowest BCUT2D eigenvalue weighted by molar-refractivity contribution is -0.140. The molecule has 0 heterocycles. The molecule has 0 aromatic heterocycles. The molecular weight excluding hydrogens is 554 g/mol. The fourth-order valence-electron chi connectivity index (χ4n) is 3.96. The zero-order valence-corrected chi connectivity index (χ0v) is 23.6. The van der Waals surface area contributed by atoms with Gasteiger partial charge in [-0.3, -0.25) is 13.9 Å². The van der Waals surface area contributed by atoms with E-state index in [1.165, 1.54) is 4.90 Å². The molecule has 0 saturated heterocycles. The number of carbonyl (C=O) groups excluding carboxylic acids is 2. The maximum atomic E-state index is 13.9. The van der Waals surface area contributed by atoms with E-state index in [2.05, 4.69) is 21.2 Å². The number of benzene rings is 3. The summed E-state index contributed by atoms with van der Waals surface area (Å²) >= 11 is 3.40. The third-order valence-electron chi connectivity index (χ3n) is 5.70. The SMILES string of the molecule is CC(C)NC(=O)[C@@H](Cc1ccccc1)N(Cc1ccccc1)C(=O)CN(c1ccccc1Br)S(C)(=O)=O. The van der Waals surface area contributed by atoms with Crippen LogP contribution in [0.5, 0.6) is 0 Å². The van der Waals surface area contributed by atoms with Crippen molar-refractivity contribution in [3.05, 3.63) is 101 Å². The lowest BCUT2D eigenvalue weighted by atomic mass is 10.0. The highest BCUT2D eigenvalue weighted by molar-refractivity contribution is 9.10. The molecule has 0 aliphatic carbocycles. The maximum absolute atomic E-state index is 13.9. The molecule has 3 rings (SSSR count). The summed E-state index contributed by atoms with van der Waals surface area (Å²) < 4.78 is 27.2. The van der Waals surface area contributed by atoms with Crippen LogP contribution in [0, 0.1) is 0 Å². The number of anilines is 1. The summed E-state index contributed by atoms with van der Waals surface area (Å²) in [5, 5.41) is 2.94. The van der Waals surface area contributed by atoms with Crippen LogP contribution in [0.15, 0.2) is 89.4 Å². The van der Waals surface area contributed by atoms with Crippen LogP contribution < -0.4 is 9.62 Å². The fourth-order valence-corrected chi connectivity index (χ4v) is 5.44. The fraction of sp³-hybridized carbons (Fsp3) is 0.286. The molecular formula is C28H32BrN3O4S. The van der Waals surface area contributed by atoms with E-state index in [-0.39, 0.29) is 24.9 Å². The first-order valence-electron chi connectivity index (χ1n) is 12.0. The molecule has 0 unspecified atom stereocenters. The summed E-state index contributed by atoms with van der Waals surface area (Å²) in [5.74, 6) is -0.778. The van der Waals surface area contributed by atoms with Crippen molar-refractivity contribution < 1.29 is 18.0 Å². The lowest BCUT2D eigenvalue weighted by Gasteiger charge is -2.34. The van der Waals surface area contributed by atoms with Gasteiger partial charge in [-0.2, -0.15) is 0 Å². The summed E-state index contributed by atoms with van der Waals surface area (Å²) in [5.41, 5.74) is 2.07. The third-order valence-corrected chi connectivity index (χ3v) is 7.50. The van der Waals surface area contributed by atoms with Crippen molar-refractivity contribution >= 4 is 43.5 Å². The number of hydrogen-bond acceptors (Lipinski definition) is 4. The van der Waals surface area contributed by atoms with Gasteiger partial charge in [0.15, 0.2) is 0 Å². The van der Waals surface area contributed by atoms with Crippen LogP contribution in [-0.4, -0.2) is 50.0 Å². The molecule has 0 saturated carbocycles. The predicted molar refractivity (Wildman–Crippen MR) is 151 cm³/mol. The van der Waals surface area contributed by atoms with Crippen molar-refractivity contribution in [2.45, 2.75) is 38.9 Å². The Bertz CT molecular complexity index is 1300. The Morgan fingerprint density at radius 1 is 0.865 bits per heavy atom. The first kappa shape index (κ1) is 28.4. The molecule has 0 radical (unpaired) electrons. The van der Waals surface area contributed by atoms with E-state index in [1.807, 2.05) is 74.5 Å². The average molecular weight is 587 g/mol. The number of sulfonamides is 1. The molecule has 1 N–H and O–H groups in total. The van der Waals surface area contributed by atoms with Gasteiger partial charge in [0.25, 0.3) is 0 Å². The van der Waals surface area contributed by atoms with E-state index in [9.17, 15) is 18.0 Å². The zero-order chi connectivity index (χ0) is 27.0. The molecule has 3 aromatic carbocycles. The summed E-state index contributed by atoms with van der Waals surface area (Å²) in [6, 6.07) is 24.7. The van der Waals surface area contributed by atoms with Gasteiger partial charge >= 0.3 is 0 Å². The summed E-state index contributed by atoms with van der Waals surface area (Å²) in [6.45, 7) is 3.42. The van der Waals surface area contributed by atoms with Crippen molar-refractivity contribution in [3.8, 4) is 0 Å². The summed E-state index contributed by atoms with van der Waals surface area (Å²) in [6.07, 6.45) is 1.35. The van der Waals surface area contributed by atoms with Crippen molar-refractivity contribution in [3.63, 3.8) is 0 Å². The summed E-state index contributed by atoms with van der Waals surface area (Å²) in [4.78, 5) is 28.9. The number of carbonyl (C=O) groups is 2. The molecule has 1 atom stereocenters. The van der Waals surface area contributed by atoms with Crippen LogP contribution in [0.1, 0.15) is 25.0 Å². The number of amides is 2. The normalized spacial score (nSPS) is 12.1. The van der Waals surface area contributed by atoms with Crippen molar-refractivity contribution in [1.29, 1.82) is 0 Å². The van der Waals surface area contributed by atoms with Crippen LogP contribution >= 0.6 is 15.9 Å². The Kier molecular flexibility index (Phi) is 9.88. The maximum Gasteiger partial charge on any atom is 0.244 e. The van der Waals surface area contributed by atoms with E-state index in [4.69, 9.17) is 0 Å². The number of rotatable bonds is 11. The van der Waals surface area contributed by atoms with Gasteiger partial charge in [-0.15, -0.1) is 0 Å². The van der Waals surface area contributed by atoms with Gasteiger partial charge in [0, 0.05) is 23.5 Å². The molecule has 196 valence electrons. The van der Waals surface area contributed by atoms with Crippen LogP contribution in [0.2, 0.25) is 0 Å². The lowest BCUT2D eigenvalue weighted by Crippen LogP contribution is -2.54. The van der Waals surface area contributed by atoms with E-state index < -0.39 is 28.5 Å². The van der Waals surface area contributed by atoms with Gasteiger partial charge < -0.3 is 10.2 Å². The van der Waals surface area contributed by atoms with Crippen molar-refractivity contribution in [1.82, 2.24) is 10.2 Å². The molecule has 0 aliphatic heterocycles. The predicted octanol–water partition coefficient (Wildman–Crippen LogP) is 4.38. The highest BCUT2D eigenvalue weighted by Gasteiger charge is 2.33. The number of nitrogens with zero attached hydrogens (tertiary/aromatic N) is 2. The number of hydrogen-bond donors (Lipinski definition) is 1. The molecule has 3 aromatic rings. The minimum atomic E-state index is -3.81. The number of halogens is 1. The second-order valence-electron chi connectivity index (χ2n) is 9.10. The van der Waals surface area contributed by atoms with Gasteiger partial charge in [-0.25, -0.2) is 8.42 Å². The van der Waals surface area contributed by atoms with Gasteiger partial charge in [0.05, 0.1) is 11.9 Å². The standard InChI is InChI=1S/C28H32BrN3O4S/c1-21(2)30-28(34)26(18-22-12-6-4-7-13-22)31(19-23-14-8-5-9-15-23)27(33)20-32(37(3,35)36)25-17-11-10-16-24(25)29/h4-17,21,26H,18-20H2,1-3H3,(H,30,34)/t26-/m1/s1. The summed E-state index contributed by atoms with van der Waals surface area (Å²) in [7, 11) is -3.81. The van der Waals surface area contributed by atoms with E-state index in [0.717, 1.165) is 21.7 Å². The van der Waals surface area contributed by atoms with Crippen LogP contribution in [0.3, 0.4) is 0 Å². The first-order valence-corrected chi connectivity index (χ1v) is 14.6. The molecule has 0 spiro atoms. The molecule has 7 nitrogen and oxygen atoms in total. The van der Waals surface area contributed by atoms with Gasteiger partial charge in [-0.1, -0.05) is 72.8 Å².